The molecule has 0 radical (unpaired) electrons. The van der Waals surface area contributed by atoms with Gasteiger partial charge in [0, 0.05) is 22.3 Å². The maximum absolute atomic E-state index is 14.5. The van der Waals surface area contributed by atoms with Crippen LogP contribution < -0.4 is 0 Å². The van der Waals surface area contributed by atoms with Crippen molar-refractivity contribution in [3.63, 3.8) is 0 Å². The molecule has 1 aliphatic rings. The second-order valence-corrected chi connectivity index (χ2v) is 9.09. The summed E-state index contributed by atoms with van der Waals surface area (Å²) in [5.74, 6) is 0.0973. The third-order valence-corrected chi connectivity index (χ3v) is 6.86. The first kappa shape index (κ1) is 21.9. The van der Waals surface area contributed by atoms with E-state index in [1.165, 1.54) is 0 Å². The molecule has 0 heterocycles. The molecule has 0 N–H and O–H groups in total. The summed E-state index contributed by atoms with van der Waals surface area (Å²) in [4.78, 5) is 14.5. The minimum atomic E-state index is 0.0973. The van der Waals surface area contributed by atoms with Crippen LogP contribution >= 0.6 is 0 Å². The number of benzene rings is 4. The van der Waals surface area contributed by atoms with Crippen LogP contribution in [0.4, 0.5) is 0 Å². The Morgan fingerprint density at radius 3 is 0.853 bits per heavy atom. The van der Waals surface area contributed by atoms with Gasteiger partial charge in [-0.3, -0.25) is 4.79 Å². The quantitative estimate of drug-likeness (QED) is 0.314. The number of hydrogen-bond donors (Lipinski definition) is 0. The molecule has 1 aliphatic carbocycles. The van der Waals surface area contributed by atoms with Crippen molar-refractivity contribution in [3.8, 4) is 0 Å². The highest BCUT2D eigenvalue weighted by atomic mass is 16.1. The molecule has 0 spiro atoms. The second-order valence-electron chi connectivity index (χ2n) is 9.09. The van der Waals surface area contributed by atoms with Crippen molar-refractivity contribution in [1.82, 2.24) is 0 Å². The summed E-state index contributed by atoms with van der Waals surface area (Å²) in [5, 5.41) is 0. The summed E-state index contributed by atoms with van der Waals surface area (Å²) >= 11 is 0. The number of Topliss-reactive ketones (excluding diaryl/α,β-unsaturated/α-hetero) is 1. The average molecular weight is 441 g/mol. The average Bonchev–Trinajstić information content (AvgIpc) is 3.12. The Morgan fingerprint density at radius 2 is 0.588 bits per heavy atom. The molecular formula is C33H28O. The van der Waals surface area contributed by atoms with Crippen LogP contribution in [0, 0.1) is 27.7 Å². The largest absolute Gasteiger partial charge is 0.289 e. The van der Waals surface area contributed by atoms with E-state index in [0.717, 1.165) is 66.8 Å². The van der Waals surface area contributed by atoms with Gasteiger partial charge in [-0.05, 0) is 72.2 Å². The van der Waals surface area contributed by atoms with Crippen LogP contribution in [0.2, 0.25) is 0 Å². The number of carbonyl (C=O) groups is 1. The summed E-state index contributed by atoms with van der Waals surface area (Å²) < 4.78 is 0. The molecule has 0 saturated carbocycles. The van der Waals surface area contributed by atoms with E-state index in [1.54, 1.807) is 0 Å². The third-order valence-electron chi connectivity index (χ3n) is 6.86. The van der Waals surface area contributed by atoms with Crippen molar-refractivity contribution in [1.29, 1.82) is 0 Å². The molecule has 0 saturated heterocycles. The van der Waals surface area contributed by atoms with Gasteiger partial charge in [-0.15, -0.1) is 0 Å². The van der Waals surface area contributed by atoms with Crippen molar-refractivity contribution in [2.75, 3.05) is 0 Å². The van der Waals surface area contributed by atoms with E-state index >= 15 is 0 Å². The lowest BCUT2D eigenvalue weighted by atomic mass is 9.85. The number of rotatable bonds is 4. The normalized spacial score (nSPS) is 13.7. The standard InChI is InChI=1S/C33H28O/c1-21-13-5-9-17-25(21)29-30(26-18-10-6-14-22(26)2)32(28-20-12-8-16-24(28)4)33(34)31(29)27-19-11-7-15-23(27)3/h5-20H,1-4H3. The van der Waals surface area contributed by atoms with Crippen molar-refractivity contribution in [2.45, 2.75) is 27.7 Å². The SMILES string of the molecule is Cc1ccccc1C1=C(c2ccccc2C)C(c2ccccc2C)=C(c2ccccc2C)C1=O. The van der Waals surface area contributed by atoms with E-state index in [0.29, 0.717) is 0 Å². The molecular weight excluding hydrogens is 412 g/mol. The molecule has 0 aliphatic heterocycles. The van der Waals surface area contributed by atoms with Crippen LogP contribution in [0.15, 0.2) is 97.1 Å². The summed E-state index contributed by atoms with van der Waals surface area (Å²) in [6.07, 6.45) is 0. The molecule has 0 bridgehead atoms. The van der Waals surface area contributed by atoms with Gasteiger partial charge in [0.05, 0.1) is 0 Å². The second kappa shape index (κ2) is 8.76. The van der Waals surface area contributed by atoms with Crippen LogP contribution in [-0.4, -0.2) is 5.78 Å². The zero-order valence-electron chi connectivity index (χ0n) is 20.1. The Morgan fingerprint density at radius 1 is 0.353 bits per heavy atom. The van der Waals surface area contributed by atoms with Gasteiger partial charge in [-0.2, -0.15) is 0 Å². The Hall–Kier alpha value is -3.97. The topological polar surface area (TPSA) is 17.1 Å². The van der Waals surface area contributed by atoms with E-state index < -0.39 is 0 Å². The molecule has 0 atom stereocenters. The number of hydrogen-bond acceptors (Lipinski definition) is 1. The molecule has 0 fully saturated rings. The molecule has 0 amide bonds. The predicted octanol–water partition coefficient (Wildman–Crippen LogP) is 8.02. The molecule has 34 heavy (non-hydrogen) atoms. The number of ketones is 1. The predicted molar refractivity (Wildman–Crippen MR) is 143 cm³/mol. The van der Waals surface area contributed by atoms with E-state index in [9.17, 15) is 4.79 Å². The highest BCUT2D eigenvalue weighted by Gasteiger charge is 2.37. The Kier molecular flexibility index (Phi) is 5.63. The molecule has 0 aromatic heterocycles. The minimum absolute atomic E-state index is 0.0973. The monoisotopic (exact) mass is 440 g/mol. The summed E-state index contributed by atoms with van der Waals surface area (Å²) in [6, 6.07) is 33.3. The first-order chi connectivity index (χ1) is 16.5. The Bertz CT molecular complexity index is 1380. The van der Waals surface area contributed by atoms with Crippen LogP contribution in [0.3, 0.4) is 0 Å². The number of allylic oxidation sites excluding steroid dienone is 4. The Labute approximate surface area is 202 Å². The van der Waals surface area contributed by atoms with E-state index in [4.69, 9.17) is 0 Å². The van der Waals surface area contributed by atoms with Gasteiger partial charge in [0.1, 0.15) is 0 Å². The molecule has 166 valence electrons. The van der Waals surface area contributed by atoms with Gasteiger partial charge in [-0.25, -0.2) is 0 Å². The summed E-state index contributed by atoms with van der Waals surface area (Å²) in [6.45, 7) is 8.43. The van der Waals surface area contributed by atoms with Gasteiger partial charge in [0.2, 0.25) is 0 Å². The minimum Gasteiger partial charge on any atom is -0.289 e. The highest BCUT2D eigenvalue weighted by Crippen LogP contribution is 2.51. The van der Waals surface area contributed by atoms with E-state index in [-0.39, 0.29) is 5.78 Å². The smallest absolute Gasteiger partial charge is 0.195 e. The van der Waals surface area contributed by atoms with Gasteiger partial charge in [-0.1, -0.05) is 97.1 Å². The lowest BCUT2D eigenvalue weighted by Crippen LogP contribution is -2.04. The lowest BCUT2D eigenvalue weighted by Gasteiger charge is -2.18. The first-order valence-corrected chi connectivity index (χ1v) is 11.8. The van der Waals surface area contributed by atoms with Gasteiger partial charge in [0.15, 0.2) is 5.78 Å². The summed E-state index contributed by atoms with van der Waals surface area (Å²) in [7, 11) is 0. The molecule has 1 heteroatoms. The first-order valence-electron chi connectivity index (χ1n) is 11.8. The maximum atomic E-state index is 14.5. The van der Waals surface area contributed by atoms with Crippen molar-refractivity contribution in [2.24, 2.45) is 0 Å². The number of aryl methyl sites for hydroxylation is 4. The van der Waals surface area contributed by atoms with Gasteiger partial charge in [0.25, 0.3) is 0 Å². The molecule has 0 unspecified atom stereocenters. The lowest BCUT2D eigenvalue weighted by molar-refractivity contribution is -0.108. The summed E-state index contributed by atoms with van der Waals surface area (Å²) in [5.41, 5.74) is 12.4. The van der Waals surface area contributed by atoms with Gasteiger partial charge >= 0.3 is 0 Å². The van der Waals surface area contributed by atoms with Crippen LogP contribution in [0.5, 0.6) is 0 Å². The fraction of sp³-hybridized carbons (Fsp3) is 0.121. The van der Waals surface area contributed by atoms with Crippen molar-refractivity contribution >= 4 is 28.1 Å². The fourth-order valence-electron chi connectivity index (χ4n) is 5.07. The zero-order valence-corrected chi connectivity index (χ0v) is 20.1. The highest BCUT2D eigenvalue weighted by molar-refractivity contribution is 6.59. The Balaban J connectivity index is 1.97. The molecule has 4 aromatic carbocycles. The fourth-order valence-corrected chi connectivity index (χ4v) is 5.07. The van der Waals surface area contributed by atoms with E-state index in [1.807, 2.05) is 24.3 Å². The van der Waals surface area contributed by atoms with Crippen LogP contribution in [0.1, 0.15) is 44.5 Å². The van der Waals surface area contributed by atoms with E-state index in [2.05, 4.69) is 100 Å². The van der Waals surface area contributed by atoms with Gasteiger partial charge < -0.3 is 0 Å². The van der Waals surface area contributed by atoms with Crippen molar-refractivity contribution < 1.29 is 4.79 Å². The maximum Gasteiger partial charge on any atom is 0.195 e. The van der Waals surface area contributed by atoms with Crippen LogP contribution in [0.25, 0.3) is 22.3 Å². The van der Waals surface area contributed by atoms with Crippen molar-refractivity contribution in [3.05, 3.63) is 142 Å². The molecule has 5 rings (SSSR count). The zero-order chi connectivity index (χ0) is 23.8. The molecule has 1 nitrogen and oxygen atoms in total. The number of carbonyl (C=O) groups excluding carboxylic acids is 1. The van der Waals surface area contributed by atoms with Crippen LogP contribution in [-0.2, 0) is 4.79 Å². The third kappa shape index (κ3) is 3.54. The molecule has 4 aromatic rings.